The molecule has 0 aliphatic rings. The van der Waals surface area contributed by atoms with Gasteiger partial charge in [-0.1, -0.05) is 97.8 Å². The van der Waals surface area contributed by atoms with E-state index in [0.29, 0.717) is 0 Å². The van der Waals surface area contributed by atoms with Gasteiger partial charge in [0.25, 0.3) is 0 Å². The maximum Gasteiger partial charge on any atom is 0.100 e. The second-order valence-corrected chi connectivity index (χ2v) is 10.1. The molecule has 0 heterocycles. The summed E-state index contributed by atoms with van der Waals surface area (Å²) in [6.45, 7) is 10.5. The number of hydrogen-bond acceptors (Lipinski definition) is 3. The fraction of sp³-hybridized carbons (Fsp3) is 1.00. The van der Waals surface area contributed by atoms with Crippen LogP contribution < -0.4 is 12.4 Å². The number of halogens is 1. The lowest BCUT2D eigenvalue weighted by atomic mass is 10.1. The van der Waals surface area contributed by atoms with Crippen molar-refractivity contribution >= 4 is 0 Å². The van der Waals surface area contributed by atoms with Gasteiger partial charge in [-0.05, 0) is 38.5 Å². The minimum absolute atomic E-state index is 0. The zero-order valence-corrected chi connectivity index (χ0v) is 23.8. The summed E-state index contributed by atoms with van der Waals surface area (Å²) in [5.74, 6) is 0. The predicted octanol–water partition coefficient (Wildman–Crippen LogP) is 3.85. The quantitative estimate of drug-likeness (QED) is 0.149. The van der Waals surface area contributed by atoms with E-state index in [1.54, 1.807) is 0 Å². The lowest BCUT2D eigenvalue weighted by Crippen LogP contribution is -3.00. The van der Waals surface area contributed by atoms with Crippen LogP contribution in [-0.4, -0.2) is 65.8 Å². The van der Waals surface area contributed by atoms with Crippen LogP contribution in [0.4, 0.5) is 0 Å². The van der Waals surface area contributed by atoms with Gasteiger partial charge in [0.05, 0.1) is 39.9 Å². The minimum Gasteiger partial charge on any atom is -1.00 e. The van der Waals surface area contributed by atoms with Crippen LogP contribution in [0.1, 0.15) is 136 Å². The summed E-state index contributed by atoms with van der Waals surface area (Å²) >= 11 is 0. The van der Waals surface area contributed by atoms with Gasteiger partial charge in [-0.15, -0.1) is 0 Å². The standard InChI is InChI=1S/C25H54N.C3H8O3.ClH/c1-5-8-11-14-17-20-23-26(4,24-21-18-15-12-9-6-2)25-22-19-16-13-10-7-3;4-1-3(6)2-5;/h5-25H2,1-4H3;3-6H,1-2H2;1H/q+1;;/p-1. The smallest absolute Gasteiger partial charge is 0.100 e. The molecule has 3 N–H and O–H groups in total. The topological polar surface area (TPSA) is 60.7 Å². The van der Waals surface area contributed by atoms with Crippen LogP contribution in [0.25, 0.3) is 0 Å². The first-order valence-corrected chi connectivity index (χ1v) is 14.2. The van der Waals surface area contributed by atoms with Crippen molar-refractivity contribution in [3.05, 3.63) is 0 Å². The molecule has 33 heavy (non-hydrogen) atoms. The number of hydrogen-bond donors (Lipinski definition) is 3. The molecule has 0 amide bonds. The first-order valence-electron chi connectivity index (χ1n) is 14.2. The normalized spacial score (nSPS) is 11.3. The average molecular weight is 496 g/mol. The van der Waals surface area contributed by atoms with Crippen LogP contribution in [-0.2, 0) is 0 Å². The minimum atomic E-state index is -0.954. The highest BCUT2D eigenvalue weighted by Gasteiger charge is 2.20. The summed E-state index contributed by atoms with van der Waals surface area (Å²) in [5.41, 5.74) is 0. The van der Waals surface area contributed by atoms with Crippen LogP contribution in [0.5, 0.6) is 0 Å². The summed E-state index contributed by atoms with van der Waals surface area (Å²) in [4.78, 5) is 0. The van der Waals surface area contributed by atoms with Crippen molar-refractivity contribution in [2.45, 2.75) is 142 Å². The van der Waals surface area contributed by atoms with Gasteiger partial charge in [0.1, 0.15) is 6.10 Å². The Bertz CT molecular complexity index is 300. The molecular weight excluding hydrogens is 434 g/mol. The van der Waals surface area contributed by atoms with E-state index in [2.05, 4.69) is 27.8 Å². The van der Waals surface area contributed by atoms with E-state index in [9.17, 15) is 0 Å². The molecule has 0 aromatic heterocycles. The van der Waals surface area contributed by atoms with Gasteiger partial charge in [0.2, 0.25) is 0 Å². The van der Waals surface area contributed by atoms with Crippen molar-refractivity contribution < 1.29 is 32.2 Å². The zero-order chi connectivity index (χ0) is 24.3. The Morgan fingerprint density at radius 3 is 0.939 bits per heavy atom. The summed E-state index contributed by atoms with van der Waals surface area (Å²) in [6.07, 6.45) is 24.9. The first kappa shape index (κ1) is 37.7. The Kier molecular flexibility index (Phi) is 34.4. The molecule has 0 rings (SSSR count). The van der Waals surface area contributed by atoms with Gasteiger partial charge in [0.15, 0.2) is 0 Å². The number of aliphatic hydroxyl groups is 3. The largest absolute Gasteiger partial charge is 1.00 e. The molecule has 5 heteroatoms. The lowest BCUT2D eigenvalue weighted by Gasteiger charge is -2.35. The van der Waals surface area contributed by atoms with Crippen molar-refractivity contribution in [3.63, 3.8) is 0 Å². The molecule has 0 bridgehead atoms. The number of rotatable bonds is 23. The van der Waals surface area contributed by atoms with E-state index >= 15 is 0 Å². The third-order valence-corrected chi connectivity index (χ3v) is 6.58. The molecule has 0 aromatic rings. The molecule has 0 radical (unpaired) electrons. The number of nitrogens with zero attached hydrogens (tertiary/aromatic N) is 1. The Balaban J connectivity index is -0.00000113. The zero-order valence-electron chi connectivity index (χ0n) is 23.0. The van der Waals surface area contributed by atoms with Gasteiger partial charge in [-0.3, -0.25) is 0 Å². The second kappa shape index (κ2) is 30.2. The molecule has 0 saturated carbocycles. The molecular formula is C28H62ClNO3. The molecule has 0 saturated heterocycles. The highest BCUT2D eigenvalue weighted by Crippen LogP contribution is 2.16. The van der Waals surface area contributed by atoms with Crippen molar-refractivity contribution in [3.8, 4) is 0 Å². The van der Waals surface area contributed by atoms with Crippen molar-refractivity contribution in [2.24, 2.45) is 0 Å². The maximum atomic E-state index is 8.17. The van der Waals surface area contributed by atoms with E-state index in [-0.39, 0.29) is 25.6 Å². The van der Waals surface area contributed by atoms with Gasteiger partial charge >= 0.3 is 0 Å². The van der Waals surface area contributed by atoms with E-state index in [0.717, 1.165) is 0 Å². The van der Waals surface area contributed by atoms with Gasteiger partial charge in [0, 0.05) is 0 Å². The third kappa shape index (κ3) is 30.1. The molecule has 204 valence electrons. The van der Waals surface area contributed by atoms with Crippen LogP contribution in [0, 0.1) is 0 Å². The predicted molar refractivity (Wildman–Crippen MR) is 141 cm³/mol. The summed E-state index contributed by atoms with van der Waals surface area (Å²) in [5, 5.41) is 24.0. The average Bonchev–Trinajstić information content (AvgIpc) is 2.80. The highest BCUT2D eigenvalue weighted by molar-refractivity contribution is 4.51. The van der Waals surface area contributed by atoms with E-state index in [1.165, 1.54) is 140 Å². The van der Waals surface area contributed by atoms with Crippen LogP contribution in [0.3, 0.4) is 0 Å². The van der Waals surface area contributed by atoms with E-state index < -0.39 is 6.10 Å². The lowest BCUT2D eigenvalue weighted by molar-refractivity contribution is -0.910. The number of aliphatic hydroxyl groups excluding tert-OH is 3. The molecule has 0 spiro atoms. The Morgan fingerprint density at radius 1 is 0.485 bits per heavy atom. The van der Waals surface area contributed by atoms with Crippen LogP contribution in [0.15, 0.2) is 0 Å². The molecule has 0 aliphatic heterocycles. The Morgan fingerprint density at radius 2 is 0.727 bits per heavy atom. The molecule has 0 aromatic carbocycles. The van der Waals surface area contributed by atoms with E-state index in [1.807, 2.05) is 0 Å². The SMILES string of the molecule is CCCCCCCC[N+](C)(CCCCCCCC)CCCCCCCC.OCC(O)CO.[Cl-]. The fourth-order valence-electron chi connectivity index (χ4n) is 4.21. The monoisotopic (exact) mass is 495 g/mol. The molecule has 0 aliphatic carbocycles. The highest BCUT2D eigenvalue weighted by atomic mass is 35.5. The second-order valence-electron chi connectivity index (χ2n) is 10.1. The number of quaternary nitrogens is 1. The fourth-order valence-corrected chi connectivity index (χ4v) is 4.21. The first-order chi connectivity index (χ1) is 15.5. The molecule has 4 nitrogen and oxygen atoms in total. The van der Waals surface area contributed by atoms with Crippen LogP contribution in [0.2, 0.25) is 0 Å². The summed E-state index contributed by atoms with van der Waals surface area (Å²) in [7, 11) is 2.56. The summed E-state index contributed by atoms with van der Waals surface area (Å²) < 4.78 is 1.36. The number of unbranched alkanes of at least 4 members (excludes halogenated alkanes) is 15. The van der Waals surface area contributed by atoms with Crippen molar-refractivity contribution in [1.82, 2.24) is 0 Å². The van der Waals surface area contributed by atoms with Crippen molar-refractivity contribution in [2.75, 3.05) is 39.9 Å². The summed E-state index contributed by atoms with van der Waals surface area (Å²) in [6, 6.07) is 0. The van der Waals surface area contributed by atoms with Gasteiger partial charge in [-0.2, -0.15) is 0 Å². The Hall–Kier alpha value is 0.130. The van der Waals surface area contributed by atoms with Crippen LogP contribution >= 0.6 is 0 Å². The van der Waals surface area contributed by atoms with Crippen molar-refractivity contribution in [1.29, 1.82) is 0 Å². The molecule has 0 fully saturated rings. The van der Waals surface area contributed by atoms with Gasteiger partial charge in [-0.25, -0.2) is 0 Å². The molecule has 0 atom stereocenters. The third-order valence-electron chi connectivity index (χ3n) is 6.58. The Labute approximate surface area is 214 Å². The van der Waals surface area contributed by atoms with Gasteiger partial charge < -0.3 is 32.2 Å². The molecule has 0 unspecified atom stereocenters. The maximum absolute atomic E-state index is 8.17. The van der Waals surface area contributed by atoms with E-state index in [4.69, 9.17) is 15.3 Å².